The van der Waals surface area contributed by atoms with Crippen molar-refractivity contribution in [3.8, 4) is 11.1 Å². The molecule has 0 atom stereocenters. The van der Waals surface area contributed by atoms with Crippen molar-refractivity contribution in [1.29, 1.82) is 0 Å². The zero-order valence-electron chi connectivity index (χ0n) is 15.3. The van der Waals surface area contributed by atoms with Crippen molar-refractivity contribution in [2.24, 2.45) is 0 Å². The van der Waals surface area contributed by atoms with Crippen LogP contribution >= 0.6 is 0 Å². The molecule has 0 saturated heterocycles. The number of allylic oxidation sites excluding steroid dienone is 1. The highest BCUT2D eigenvalue weighted by molar-refractivity contribution is 5.88. The number of carbonyl (C=O) groups excluding carboxylic acids is 1. The molecule has 0 aliphatic heterocycles. The summed E-state index contributed by atoms with van der Waals surface area (Å²) >= 11 is 0. The van der Waals surface area contributed by atoms with Crippen molar-refractivity contribution in [3.05, 3.63) is 65.7 Å². The average Bonchev–Trinajstić information content (AvgIpc) is 2.62. The van der Waals surface area contributed by atoms with Crippen molar-refractivity contribution in [2.75, 3.05) is 0 Å². The lowest BCUT2D eigenvalue weighted by atomic mass is 9.98. The first-order valence-electron chi connectivity index (χ1n) is 9.19. The number of carboxylic acids is 1. The highest BCUT2D eigenvalue weighted by atomic mass is 16.4. The van der Waals surface area contributed by atoms with Crippen LogP contribution in [0.25, 0.3) is 16.7 Å². The van der Waals surface area contributed by atoms with E-state index in [9.17, 15) is 9.90 Å². The van der Waals surface area contributed by atoms with Crippen molar-refractivity contribution in [3.63, 3.8) is 0 Å². The molecule has 0 aliphatic carbocycles. The lowest BCUT2D eigenvalue weighted by Crippen LogP contribution is -2.19. The van der Waals surface area contributed by atoms with Crippen LogP contribution in [-0.4, -0.2) is 5.97 Å². The highest BCUT2D eigenvalue weighted by Crippen LogP contribution is 2.23. The van der Waals surface area contributed by atoms with Gasteiger partial charge in [0, 0.05) is 0 Å². The van der Waals surface area contributed by atoms with Crippen LogP contribution in [0.1, 0.15) is 57.1 Å². The van der Waals surface area contributed by atoms with E-state index in [2.05, 4.69) is 31.2 Å². The molecule has 0 aliphatic rings. The lowest BCUT2D eigenvalue weighted by molar-refractivity contribution is -0.297. The van der Waals surface area contributed by atoms with Gasteiger partial charge in [-0.3, -0.25) is 0 Å². The summed E-state index contributed by atoms with van der Waals surface area (Å²) in [6, 6.07) is 16.7. The Balaban J connectivity index is 1.96. The first-order chi connectivity index (χ1) is 12.1. The summed E-state index contributed by atoms with van der Waals surface area (Å²) in [5, 5.41) is 10.6. The Labute approximate surface area is 151 Å². The normalized spacial score (nSPS) is 11.5. The molecule has 0 aromatic heterocycles. The molecule has 2 nitrogen and oxygen atoms in total. The van der Waals surface area contributed by atoms with Gasteiger partial charge in [0.15, 0.2) is 0 Å². The second-order valence-electron chi connectivity index (χ2n) is 6.58. The fourth-order valence-electron chi connectivity index (χ4n) is 2.98. The van der Waals surface area contributed by atoms with Gasteiger partial charge in [-0.2, -0.15) is 0 Å². The molecule has 0 amide bonds. The van der Waals surface area contributed by atoms with Gasteiger partial charge in [-0.25, -0.2) is 0 Å². The third kappa shape index (κ3) is 6.22. The van der Waals surface area contributed by atoms with Gasteiger partial charge in [0.2, 0.25) is 0 Å². The van der Waals surface area contributed by atoms with Crippen LogP contribution in [0.4, 0.5) is 0 Å². The van der Waals surface area contributed by atoms with Gasteiger partial charge in [-0.1, -0.05) is 81.1 Å². The standard InChI is InChI=1S/C23H28O2/c1-3-4-5-6-7-8-19-9-11-21(12-10-19)22-15-13-20(14-16-22)18(2)17-23(24)25/h9-17H,3-8H2,1-2H3,(H,24,25)/p-1/b18-17+. The van der Waals surface area contributed by atoms with Gasteiger partial charge in [0.25, 0.3) is 0 Å². The quantitative estimate of drug-likeness (QED) is 0.477. The predicted octanol–water partition coefficient (Wildman–Crippen LogP) is 5.02. The van der Waals surface area contributed by atoms with E-state index in [1.54, 1.807) is 6.92 Å². The fourth-order valence-corrected chi connectivity index (χ4v) is 2.98. The summed E-state index contributed by atoms with van der Waals surface area (Å²) in [7, 11) is 0. The highest BCUT2D eigenvalue weighted by Gasteiger charge is 2.01. The van der Waals surface area contributed by atoms with Gasteiger partial charge >= 0.3 is 0 Å². The van der Waals surface area contributed by atoms with E-state index in [1.165, 1.54) is 43.2 Å². The van der Waals surface area contributed by atoms with Gasteiger partial charge in [0.1, 0.15) is 0 Å². The number of carbonyl (C=O) groups is 1. The Morgan fingerprint density at radius 1 is 0.880 bits per heavy atom. The topological polar surface area (TPSA) is 40.1 Å². The van der Waals surface area contributed by atoms with Crippen LogP contribution in [0.5, 0.6) is 0 Å². The maximum absolute atomic E-state index is 10.6. The number of hydrogen-bond acceptors (Lipinski definition) is 2. The fraction of sp³-hybridized carbons (Fsp3) is 0.348. The maximum atomic E-state index is 10.6. The Hall–Kier alpha value is -2.35. The average molecular weight is 335 g/mol. The molecule has 0 heterocycles. The van der Waals surface area contributed by atoms with Gasteiger partial charge < -0.3 is 9.90 Å². The van der Waals surface area contributed by atoms with Crippen LogP contribution in [-0.2, 0) is 11.2 Å². The summed E-state index contributed by atoms with van der Waals surface area (Å²) in [5.41, 5.74) is 5.31. The van der Waals surface area contributed by atoms with Crippen LogP contribution in [0.2, 0.25) is 0 Å². The number of carboxylic acid groups (broad SMARTS) is 1. The minimum absolute atomic E-state index is 0.699. The molecule has 2 aromatic carbocycles. The molecule has 2 aromatic rings. The summed E-state index contributed by atoms with van der Waals surface area (Å²) in [4.78, 5) is 10.6. The van der Waals surface area contributed by atoms with Crippen molar-refractivity contribution >= 4 is 11.5 Å². The van der Waals surface area contributed by atoms with Crippen molar-refractivity contribution in [1.82, 2.24) is 0 Å². The van der Waals surface area contributed by atoms with E-state index >= 15 is 0 Å². The van der Waals surface area contributed by atoms with Crippen molar-refractivity contribution < 1.29 is 9.90 Å². The third-order valence-corrected chi connectivity index (χ3v) is 4.53. The molecular weight excluding hydrogens is 308 g/mol. The second kappa shape index (κ2) is 9.83. The molecule has 0 unspecified atom stereocenters. The van der Waals surface area contributed by atoms with E-state index in [-0.39, 0.29) is 0 Å². The monoisotopic (exact) mass is 335 g/mol. The molecule has 2 heteroatoms. The number of aryl methyl sites for hydroxylation is 1. The molecule has 0 fully saturated rings. The minimum Gasteiger partial charge on any atom is -0.545 e. The van der Waals surface area contributed by atoms with Crippen LogP contribution in [0.15, 0.2) is 54.6 Å². The number of aliphatic carboxylic acids is 1. The van der Waals surface area contributed by atoms with Crippen LogP contribution < -0.4 is 5.11 Å². The van der Waals surface area contributed by atoms with E-state index in [0.717, 1.165) is 23.6 Å². The SMILES string of the molecule is CCCCCCCc1ccc(-c2ccc(/C(C)=C/C(=O)[O-])cc2)cc1. The number of benzene rings is 2. The number of hydrogen-bond donors (Lipinski definition) is 0. The van der Waals surface area contributed by atoms with E-state index in [0.29, 0.717) is 5.57 Å². The zero-order valence-corrected chi connectivity index (χ0v) is 15.3. The van der Waals surface area contributed by atoms with Crippen LogP contribution in [0, 0.1) is 0 Å². The molecule has 25 heavy (non-hydrogen) atoms. The first kappa shape index (κ1) is 19.0. The summed E-state index contributed by atoms with van der Waals surface area (Å²) in [6.07, 6.45) is 8.82. The Kier molecular flexibility index (Phi) is 7.46. The Morgan fingerprint density at radius 2 is 1.44 bits per heavy atom. The lowest BCUT2D eigenvalue weighted by Gasteiger charge is -2.07. The Bertz CT molecular complexity index is 694. The summed E-state index contributed by atoms with van der Waals surface area (Å²) in [6.45, 7) is 4.02. The van der Waals surface area contributed by atoms with E-state index in [1.807, 2.05) is 24.3 Å². The molecule has 0 N–H and O–H groups in total. The molecule has 0 bridgehead atoms. The molecule has 0 saturated carbocycles. The number of rotatable bonds is 9. The maximum Gasteiger partial charge on any atom is 0.0645 e. The van der Waals surface area contributed by atoms with Gasteiger partial charge in [0.05, 0.1) is 5.97 Å². The largest absolute Gasteiger partial charge is 0.545 e. The van der Waals surface area contributed by atoms with Gasteiger partial charge in [-0.15, -0.1) is 0 Å². The second-order valence-corrected chi connectivity index (χ2v) is 6.58. The molecule has 2 rings (SSSR count). The summed E-state index contributed by atoms with van der Waals surface area (Å²) in [5.74, 6) is -1.16. The van der Waals surface area contributed by atoms with E-state index < -0.39 is 5.97 Å². The molecule has 0 radical (unpaired) electrons. The Morgan fingerprint density at radius 3 is 2.00 bits per heavy atom. The predicted molar refractivity (Wildman–Crippen MR) is 103 cm³/mol. The van der Waals surface area contributed by atoms with Crippen LogP contribution in [0.3, 0.4) is 0 Å². The minimum atomic E-state index is -1.16. The third-order valence-electron chi connectivity index (χ3n) is 4.53. The number of unbranched alkanes of at least 4 members (excludes halogenated alkanes) is 4. The van der Waals surface area contributed by atoms with Gasteiger partial charge in [-0.05, 0) is 53.7 Å². The van der Waals surface area contributed by atoms with Crippen molar-refractivity contribution in [2.45, 2.75) is 52.4 Å². The first-order valence-corrected chi connectivity index (χ1v) is 9.19. The van der Waals surface area contributed by atoms with E-state index in [4.69, 9.17) is 0 Å². The molecular formula is C23H27O2-. The summed E-state index contributed by atoms with van der Waals surface area (Å²) < 4.78 is 0. The smallest absolute Gasteiger partial charge is 0.0645 e. The molecule has 132 valence electrons. The molecule has 0 spiro atoms. The zero-order chi connectivity index (χ0) is 18.1.